The number of rotatable bonds is 3. The van der Waals surface area contributed by atoms with Crippen LogP contribution in [-0.2, 0) is 4.79 Å². The zero-order valence-corrected chi connectivity index (χ0v) is 11.3. The maximum atomic E-state index is 12.1. The van der Waals surface area contributed by atoms with E-state index >= 15 is 0 Å². The smallest absolute Gasteiger partial charge is 0.329 e. The van der Waals surface area contributed by atoms with Crippen molar-refractivity contribution in [2.24, 2.45) is 11.8 Å². The highest BCUT2D eigenvalue weighted by Crippen LogP contribution is 2.44. The summed E-state index contributed by atoms with van der Waals surface area (Å²) in [6.07, 6.45) is 4.75. The van der Waals surface area contributed by atoms with Gasteiger partial charge in [0.05, 0.1) is 0 Å². The molecule has 3 unspecified atom stereocenters. The predicted octanol–water partition coefficient (Wildman–Crippen LogP) is 1.68. The van der Waals surface area contributed by atoms with Crippen LogP contribution in [0.5, 0.6) is 0 Å². The Balaban J connectivity index is 1.94. The van der Waals surface area contributed by atoms with Gasteiger partial charge in [-0.2, -0.15) is 0 Å². The van der Waals surface area contributed by atoms with Crippen molar-refractivity contribution < 1.29 is 14.7 Å². The Hall–Kier alpha value is -1.26. The summed E-state index contributed by atoms with van der Waals surface area (Å²) in [5, 5.41) is 12.1. The van der Waals surface area contributed by atoms with Gasteiger partial charge in [-0.1, -0.05) is 6.42 Å². The SMILES string of the molecule is CN(C(=O)NC1CC2CCC1C2)C(C)(C)C(=O)O. The van der Waals surface area contributed by atoms with E-state index in [1.165, 1.54) is 45.1 Å². The normalized spacial score (nSPS) is 30.3. The van der Waals surface area contributed by atoms with Gasteiger partial charge in [-0.05, 0) is 44.9 Å². The molecule has 0 heterocycles. The lowest BCUT2D eigenvalue weighted by Gasteiger charge is -2.34. The minimum Gasteiger partial charge on any atom is -0.480 e. The summed E-state index contributed by atoms with van der Waals surface area (Å²) < 4.78 is 0. The number of hydrogen-bond donors (Lipinski definition) is 2. The van der Waals surface area contributed by atoms with Crippen molar-refractivity contribution in [2.75, 3.05) is 7.05 Å². The van der Waals surface area contributed by atoms with Gasteiger partial charge in [0.1, 0.15) is 5.54 Å². The molecule has 0 spiro atoms. The van der Waals surface area contributed by atoms with Crippen molar-refractivity contribution in [2.45, 2.75) is 51.1 Å². The number of amides is 2. The molecule has 102 valence electrons. The fraction of sp³-hybridized carbons (Fsp3) is 0.846. The van der Waals surface area contributed by atoms with E-state index in [9.17, 15) is 9.59 Å². The molecule has 2 saturated carbocycles. The maximum Gasteiger partial charge on any atom is 0.329 e. The summed E-state index contributed by atoms with van der Waals surface area (Å²) in [6, 6.07) is -0.0387. The molecule has 0 aliphatic heterocycles. The summed E-state index contributed by atoms with van der Waals surface area (Å²) in [4.78, 5) is 24.5. The monoisotopic (exact) mass is 254 g/mol. The summed E-state index contributed by atoms with van der Waals surface area (Å²) in [5.41, 5.74) is -1.18. The van der Waals surface area contributed by atoms with Crippen molar-refractivity contribution in [3.63, 3.8) is 0 Å². The Bertz CT molecular complexity index is 367. The van der Waals surface area contributed by atoms with Crippen molar-refractivity contribution >= 4 is 12.0 Å². The Morgan fingerprint density at radius 1 is 1.28 bits per heavy atom. The number of carbonyl (C=O) groups is 2. The lowest BCUT2D eigenvalue weighted by atomic mass is 9.95. The predicted molar refractivity (Wildman–Crippen MR) is 67.2 cm³/mol. The number of nitrogens with one attached hydrogen (secondary N) is 1. The van der Waals surface area contributed by atoms with E-state index < -0.39 is 11.5 Å². The van der Waals surface area contributed by atoms with Crippen LogP contribution in [0.4, 0.5) is 4.79 Å². The van der Waals surface area contributed by atoms with Crippen LogP contribution >= 0.6 is 0 Å². The average Bonchev–Trinajstić information content (AvgIpc) is 2.89. The van der Waals surface area contributed by atoms with Gasteiger partial charge in [-0.15, -0.1) is 0 Å². The number of carboxylic acid groups (broad SMARTS) is 1. The molecule has 2 amide bonds. The number of likely N-dealkylation sites (N-methyl/N-ethyl adjacent to an activating group) is 1. The third-order valence-electron chi connectivity index (χ3n) is 4.71. The van der Waals surface area contributed by atoms with Gasteiger partial charge in [0.15, 0.2) is 0 Å². The molecule has 5 heteroatoms. The van der Waals surface area contributed by atoms with Gasteiger partial charge in [0.25, 0.3) is 0 Å². The summed E-state index contributed by atoms with van der Waals surface area (Å²) >= 11 is 0. The second-order valence-electron chi connectivity index (χ2n) is 6.15. The molecule has 0 saturated heterocycles. The number of carboxylic acids is 1. The molecule has 2 rings (SSSR count). The van der Waals surface area contributed by atoms with E-state index in [4.69, 9.17) is 5.11 Å². The fourth-order valence-electron chi connectivity index (χ4n) is 3.07. The first-order valence-corrected chi connectivity index (χ1v) is 6.60. The third-order valence-corrected chi connectivity index (χ3v) is 4.71. The molecular formula is C13H22N2O3. The number of aliphatic carboxylic acids is 1. The van der Waals surface area contributed by atoms with E-state index in [2.05, 4.69) is 5.32 Å². The van der Waals surface area contributed by atoms with E-state index in [1.54, 1.807) is 0 Å². The van der Waals surface area contributed by atoms with Crippen LogP contribution in [0, 0.1) is 11.8 Å². The van der Waals surface area contributed by atoms with Crippen LogP contribution in [0.2, 0.25) is 0 Å². The van der Waals surface area contributed by atoms with Crippen LogP contribution in [0.1, 0.15) is 39.5 Å². The Morgan fingerprint density at radius 3 is 2.39 bits per heavy atom. The molecular weight excluding hydrogens is 232 g/mol. The van der Waals surface area contributed by atoms with Gasteiger partial charge in [-0.25, -0.2) is 9.59 Å². The van der Waals surface area contributed by atoms with E-state index in [1.807, 2.05) is 0 Å². The minimum atomic E-state index is -1.18. The van der Waals surface area contributed by atoms with Crippen LogP contribution in [0.3, 0.4) is 0 Å². The first kappa shape index (κ1) is 13.2. The highest BCUT2D eigenvalue weighted by Gasteiger charge is 2.42. The molecule has 0 aromatic rings. The van der Waals surface area contributed by atoms with Gasteiger partial charge in [-0.3, -0.25) is 0 Å². The number of urea groups is 1. The van der Waals surface area contributed by atoms with Crippen molar-refractivity contribution in [1.29, 1.82) is 0 Å². The second kappa shape index (κ2) is 4.44. The van der Waals surface area contributed by atoms with Crippen LogP contribution in [0.25, 0.3) is 0 Å². The summed E-state index contributed by atoms with van der Waals surface area (Å²) in [7, 11) is 1.54. The highest BCUT2D eigenvalue weighted by atomic mass is 16.4. The third kappa shape index (κ3) is 2.18. The van der Waals surface area contributed by atoms with Crippen molar-refractivity contribution in [3.8, 4) is 0 Å². The van der Waals surface area contributed by atoms with Crippen LogP contribution in [-0.4, -0.2) is 40.6 Å². The second-order valence-corrected chi connectivity index (χ2v) is 6.15. The molecule has 0 radical (unpaired) electrons. The van der Waals surface area contributed by atoms with E-state index in [0.29, 0.717) is 5.92 Å². The summed E-state index contributed by atoms with van der Waals surface area (Å²) in [6.45, 7) is 3.07. The zero-order valence-electron chi connectivity index (χ0n) is 11.3. The lowest BCUT2D eigenvalue weighted by Crippen LogP contribution is -2.56. The molecule has 2 aliphatic carbocycles. The molecule has 0 aromatic carbocycles. The van der Waals surface area contributed by atoms with Gasteiger partial charge in [0, 0.05) is 13.1 Å². The maximum absolute atomic E-state index is 12.1. The van der Waals surface area contributed by atoms with Crippen LogP contribution in [0.15, 0.2) is 0 Å². The van der Waals surface area contributed by atoms with E-state index in [-0.39, 0.29) is 12.1 Å². The highest BCUT2D eigenvalue weighted by molar-refractivity contribution is 5.85. The molecule has 0 aromatic heterocycles. The lowest BCUT2D eigenvalue weighted by molar-refractivity contribution is -0.146. The molecule has 2 N–H and O–H groups in total. The number of nitrogens with zero attached hydrogens (tertiary/aromatic N) is 1. The van der Waals surface area contributed by atoms with Gasteiger partial charge >= 0.3 is 12.0 Å². The number of carbonyl (C=O) groups excluding carboxylic acids is 1. The largest absolute Gasteiger partial charge is 0.480 e. The van der Waals surface area contributed by atoms with Gasteiger partial charge in [0.2, 0.25) is 0 Å². The fourth-order valence-corrected chi connectivity index (χ4v) is 3.07. The van der Waals surface area contributed by atoms with E-state index in [0.717, 1.165) is 12.3 Å². The quantitative estimate of drug-likeness (QED) is 0.805. The molecule has 2 aliphatic rings. The first-order chi connectivity index (χ1) is 8.32. The first-order valence-electron chi connectivity index (χ1n) is 6.60. The molecule has 18 heavy (non-hydrogen) atoms. The van der Waals surface area contributed by atoms with Crippen LogP contribution < -0.4 is 5.32 Å². The van der Waals surface area contributed by atoms with Crippen molar-refractivity contribution in [1.82, 2.24) is 10.2 Å². The Labute approximate surface area is 108 Å². The van der Waals surface area contributed by atoms with Gasteiger partial charge < -0.3 is 15.3 Å². The molecule has 3 atom stereocenters. The number of fused-ring (bicyclic) bond motifs is 2. The van der Waals surface area contributed by atoms with Crippen molar-refractivity contribution in [3.05, 3.63) is 0 Å². The molecule has 2 bridgehead atoms. The minimum absolute atomic E-state index is 0.239. The topological polar surface area (TPSA) is 69.6 Å². The Kier molecular flexibility index (Phi) is 3.25. The Morgan fingerprint density at radius 2 is 1.94 bits per heavy atom. The number of hydrogen-bond acceptors (Lipinski definition) is 2. The molecule has 2 fully saturated rings. The standard InChI is InChI=1S/C13H22N2O3/c1-13(2,11(16)17)15(3)12(18)14-10-7-8-4-5-9(10)6-8/h8-10H,4-7H2,1-3H3,(H,14,18)(H,16,17). The molecule has 5 nitrogen and oxygen atoms in total. The summed E-state index contributed by atoms with van der Waals surface area (Å²) in [5.74, 6) is 0.367. The average molecular weight is 254 g/mol. The zero-order chi connectivity index (χ0) is 13.5.